The highest BCUT2D eigenvalue weighted by molar-refractivity contribution is 7.99. The van der Waals surface area contributed by atoms with Crippen molar-refractivity contribution in [2.24, 2.45) is 0 Å². The van der Waals surface area contributed by atoms with Gasteiger partial charge >= 0.3 is 5.69 Å². The Hall–Kier alpha value is -1.44. The van der Waals surface area contributed by atoms with E-state index in [1.807, 2.05) is 6.92 Å². The molecule has 0 aliphatic heterocycles. The first-order valence-corrected chi connectivity index (χ1v) is 9.24. The van der Waals surface area contributed by atoms with Crippen LogP contribution in [0.5, 0.6) is 0 Å². The molecule has 2 aromatic rings. The maximum absolute atomic E-state index is 12.0. The van der Waals surface area contributed by atoms with Gasteiger partial charge in [-0.15, -0.1) is 5.10 Å². The molecule has 0 spiro atoms. The Morgan fingerprint density at radius 1 is 1.42 bits per heavy atom. The van der Waals surface area contributed by atoms with Crippen molar-refractivity contribution in [1.82, 2.24) is 20.1 Å². The topological polar surface area (TPSA) is 79.8 Å². The zero-order valence-corrected chi connectivity index (χ0v) is 15.5. The average molecular weight is 389 g/mol. The second-order valence-corrected chi connectivity index (χ2v) is 6.90. The van der Waals surface area contributed by atoms with Gasteiger partial charge in [-0.1, -0.05) is 54.4 Å². The standard InChI is InChI=1S/C15H18Cl2N4O2S/c1-2-3-6-21-14(23)19-20-15(21)24-9-13(22)18-8-10-4-5-11(16)7-12(10)17/h4-5,7H,2-3,6,8-9H2,1H3,(H,18,22)(H,19,23). The molecule has 1 aromatic carbocycles. The van der Waals surface area contributed by atoms with Crippen molar-refractivity contribution in [3.63, 3.8) is 0 Å². The largest absolute Gasteiger partial charge is 0.351 e. The van der Waals surface area contributed by atoms with Gasteiger partial charge in [0.25, 0.3) is 0 Å². The number of rotatable bonds is 8. The van der Waals surface area contributed by atoms with E-state index < -0.39 is 0 Å². The van der Waals surface area contributed by atoms with E-state index in [-0.39, 0.29) is 17.3 Å². The molecule has 0 atom stereocenters. The Bertz CT molecular complexity index is 760. The van der Waals surface area contributed by atoms with E-state index in [0.717, 1.165) is 18.4 Å². The molecule has 24 heavy (non-hydrogen) atoms. The van der Waals surface area contributed by atoms with Crippen LogP contribution in [0.2, 0.25) is 10.0 Å². The third kappa shape index (κ3) is 5.29. The van der Waals surface area contributed by atoms with Crippen LogP contribution in [0.25, 0.3) is 0 Å². The van der Waals surface area contributed by atoms with Crippen LogP contribution >= 0.6 is 35.0 Å². The summed E-state index contributed by atoms with van der Waals surface area (Å²) in [6, 6.07) is 5.13. The van der Waals surface area contributed by atoms with Crippen LogP contribution in [-0.2, 0) is 17.9 Å². The quantitative estimate of drug-likeness (QED) is 0.680. The average Bonchev–Trinajstić information content (AvgIpc) is 2.90. The van der Waals surface area contributed by atoms with E-state index in [2.05, 4.69) is 15.5 Å². The summed E-state index contributed by atoms with van der Waals surface area (Å²) < 4.78 is 1.55. The van der Waals surface area contributed by atoms with Crippen LogP contribution in [0, 0.1) is 0 Å². The third-order valence-electron chi connectivity index (χ3n) is 3.28. The number of halogens is 2. The molecular weight excluding hydrogens is 371 g/mol. The van der Waals surface area contributed by atoms with Crippen molar-refractivity contribution in [1.29, 1.82) is 0 Å². The molecule has 0 unspecified atom stereocenters. The predicted octanol–water partition coefficient (Wildman–Crippen LogP) is 3.09. The molecule has 130 valence electrons. The number of carbonyl (C=O) groups excluding carboxylic acids is 1. The highest BCUT2D eigenvalue weighted by atomic mass is 35.5. The summed E-state index contributed by atoms with van der Waals surface area (Å²) >= 11 is 13.1. The second kappa shape index (κ2) is 9.15. The maximum atomic E-state index is 12.0. The van der Waals surface area contributed by atoms with Crippen molar-refractivity contribution in [3.8, 4) is 0 Å². The molecule has 0 saturated carbocycles. The lowest BCUT2D eigenvalue weighted by Crippen LogP contribution is -2.25. The Kier molecular flexibility index (Phi) is 7.20. The number of carbonyl (C=O) groups is 1. The molecule has 2 N–H and O–H groups in total. The van der Waals surface area contributed by atoms with Gasteiger partial charge in [-0.05, 0) is 24.1 Å². The second-order valence-electron chi connectivity index (χ2n) is 5.12. The minimum atomic E-state index is -0.251. The minimum Gasteiger partial charge on any atom is -0.351 e. The van der Waals surface area contributed by atoms with Crippen molar-refractivity contribution in [3.05, 3.63) is 44.3 Å². The first kappa shape index (κ1) is 18.9. The number of thioether (sulfide) groups is 1. The van der Waals surface area contributed by atoms with Gasteiger partial charge in [-0.2, -0.15) is 0 Å². The molecule has 1 heterocycles. The van der Waals surface area contributed by atoms with Gasteiger partial charge < -0.3 is 5.32 Å². The molecule has 9 heteroatoms. The van der Waals surface area contributed by atoms with E-state index in [1.165, 1.54) is 11.8 Å². The van der Waals surface area contributed by atoms with E-state index in [1.54, 1.807) is 22.8 Å². The van der Waals surface area contributed by atoms with Crippen molar-refractivity contribution >= 4 is 40.9 Å². The lowest BCUT2D eigenvalue weighted by Gasteiger charge is -2.08. The zero-order valence-electron chi connectivity index (χ0n) is 13.1. The van der Waals surface area contributed by atoms with Crippen LogP contribution in [-0.4, -0.2) is 26.4 Å². The monoisotopic (exact) mass is 388 g/mol. The summed E-state index contributed by atoms with van der Waals surface area (Å²) in [5.74, 6) is 0.00486. The SMILES string of the molecule is CCCCn1c(SCC(=O)NCc2ccc(Cl)cc2Cl)n[nH]c1=O. The Morgan fingerprint density at radius 2 is 2.21 bits per heavy atom. The molecule has 0 fully saturated rings. The van der Waals surface area contributed by atoms with Crippen molar-refractivity contribution < 1.29 is 4.79 Å². The van der Waals surface area contributed by atoms with Crippen molar-refractivity contribution in [2.45, 2.75) is 38.0 Å². The number of amides is 1. The molecule has 6 nitrogen and oxygen atoms in total. The Balaban J connectivity index is 1.86. The summed E-state index contributed by atoms with van der Waals surface area (Å²) in [6.45, 7) is 2.96. The van der Waals surface area contributed by atoms with Gasteiger partial charge in [0.2, 0.25) is 5.91 Å². The number of nitrogens with one attached hydrogen (secondary N) is 2. The number of hydrogen-bond acceptors (Lipinski definition) is 4. The van der Waals surface area contributed by atoms with E-state index in [0.29, 0.717) is 28.3 Å². The van der Waals surface area contributed by atoms with E-state index in [9.17, 15) is 9.59 Å². The van der Waals surface area contributed by atoms with Gasteiger partial charge in [-0.3, -0.25) is 9.36 Å². The third-order valence-corrected chi connectivity index (χ3v) is 4.85. The molecule has 1 aromatic heterocycles. The Morgan fingerprint density at radius 3 is 2.92 bits per heavy atom. The number of unbranched alkanes of at least 4 members (excludes halogenated alkanes) is 1. The highest BCUT2D eigenvalue weighted by Gasteiger charge is 2.11. The molecule has 0 aliphatic carbocycles. The first-order chi connectivity index (χ1) is 11.5. The van der Waals surface area contributed by atoms with Crippen LogP contribution < -0.4 is 11.0 Å². The van der Waals surface area contributed by atoms with Gasteiger partial charge in [0, 0.05) is 23.1 Å². The number of aromatic nitrogens is 3. The fourth-order valence-corrected chi connectivity index (χ4v) is 3.24. The van der Waals surface area contributed by atoms with Gasteiger partial charge in [0.1, 0.15) is 0 Å². The number of aromatic amines is 1. The number of benzene rings is 1. The lowest BCUT2D eigenvalue weighted by molar-refractivity contribution is -0.118. The van der Waals surface area contributed by atoms with E-state index >= 15 is 0 Å². The van der Waals surface area contributed by atoms with Crippen LogP contribution in [0.15, 0.2) is 28.2 Å². The highest BCUT2D eigenvalue weighted by Crippen LogP contribution is 2.21. The number of hydrogen-bond donors (Lipinski definition) is 2. The summed E-state index contributed by atoms with van der Waals surface area (Å²) in [5.41, 5.74) is 0.540. The smallest absolute Gasteiger partial charge is 0.343 e. The summed E-state index contributed by atoms with van der Waals surface area (Å²) in [6.07, 6.45) is 1.86. The maximum Gasteiger partial charge on any atom is 0.343 e. The van der Waals surface area contributed by atoms with Crippen LogP contribution in [0.3, 0.4) is 0 Å². The Labute approximate surface area is 153 Å². The zero-order chi connectivity index (χ0) is 17.5. The molecule has 1 amide bonds. The number of nitrogens with zero attached hydrogens (tertiary/aromatic N) is 2. The summed E-state index contributed by atoms with van der Waals surface area (Å²) in [7, 11) is 0. The van der Waals surface area contributed by atoms with E-state index in [4.69, 9.17) is 23.2 Å². The first-order valence-electron chi connectivity index (χ1n) is 7.50. The molecular formula is C15H18Cl2N4O2S. The summed E-state index contributed by atoms with van der Waals surface area (Å²) in [5, 5.41) is 10.7. The molecule has 0 bridgehead atoms. The normalized spacial score (nSPS) is 10.8. The molecule has 2 rings (SSSR count). The van der Waals surface area contributed by atoms with Crippen LogP contribution in [0.4, 0.5) is 0 Å². The van der Waals surface area contributed by atoms with Crippen molar-refractivity contribution in [2.75, 3.05) is 5.75 Å². The van der Waals surface area contributed by atoms with Crippen LogP contribution in [0.1, 0.15) is 25.3 Å². The molecule has 0 radical (unpaired) electrons. The molecule has 0 saturated heterocycles. The predicted molar refractivity (Wildman–Crippen MR) is 96.8 cm³/mol. The fraction of sp³-hybridized carbons (Fsp3) is 0.400. The lowest BCUT2D eigenvalue weighted by atomic mass is 10.2. The minimum absolute atomic E-state index is 0.163. The number of H-pyrrole nitrogens is 1. The van der Waals surface area contributed by atoms with Gasteiger partial charge in [0.15, 0.2) is 5.16 Å². The summed E-state index contributed by atoms with van der Waals surface area (Å²) in [4.78, 5) is 23.6. The fourth-order valence-electron chi connectivity index (χ4n) is 1.97. The molecule has 0 aliphatic rings. The van der Waals surface area contributed by atoms with Gasteiger partial charge in [0.05, 0.1) is 5.75 Å². The van der Waals surface area contributed by atoms with Gasteiger partial charge in [-0.25, -0.2) is 9.89 Å².